The topological polar surface area (TPSA) is 97.8 Å². The van der Waals surface area contributed by atoms with E-state index in [1.165, 1.54) is 19.3 Å². The molecule has 1 fully saturated rings. The molecule has 0 unspecified atom stereocenters. The number of hydrogen-bond acceptors (Lipinski definition) is 7. The summed E-state index contributed by atoms with van der Waals surface area (Å²) in [5, 5.41) is 4.15. The van der Waals surface area contributed by atoms with E-state index in [1.54, 1.807) is 17.1 Å². The van der Waals surface area contributed by atoms with E-state index in [2.05, 4.69) is 37.3 Å². The van der Waals surface area contributed by atoms with Crippen LogP contribution >= 0.6 is 0 Å². The third-order valence-corrected chi connectivity index (χ3v) is 3.82. The van der Waals surface area contributed by atoms with Crippen LogP contribution in [0, 0.1) is 5.92 Å². The van der Waals surface area contributed by atoms with Crippen LogP contribution in [0.4, 0.5) is 11.9 Å². The van der Waals surface area contributed by atoms with E-state index < -0.39 is 0 Å². The SMILES string of the molecule is CCN(CC1CCC1)c1nc(NN)nc(-n2cccn2)n1. The van der Waals surface area contributed by atoms with Crippen molar-refractivity contribution in [3.63, 3.8) is 0 Å². The molecule has 2 aromatic rings. The molecule has 0 spiro atoms. The minimum atomic E-state index is 0.345. The summed E-state index contributed by atoms with van der Waals surface area (Å²) >= 11 is 0. The molecule has 0 aromatic carbocycles. The molecular weight excluding hydrogens is 268 g/mol. The smallest absolute Gasteiger partial charge is 0.257 e. The maximum absolute atomic E-state index is 5.47. The molecule has 1 saturated carbocycles. The highest BCUT2D eigenvalue weighted by molar-refractivity contribution is 5.39. The van der Waals surface area contributed by atoms with Gasteiger partial charge in [-0.05, 0) is 31.7 Å². The lowest BCUT2D eigenvalue weighted by Gasteiger charge is -2.31. The van der Waals surface area contributed by atoms with Crippen LogP contribution in [0.1, 0.15) is 26.2 Å². The minimum Gasteiger partial charge on any atom is -0.341 e. The van der Waals surface area contributed by atoms with E-state index in [0.717, 1.165) is 19.0 Å². The lowest BCUT2D eigenvalue weighted by atomic mass is 9.85. The van der Waals surface area contributed by atoms with E-state index in [1.807, 2.05) is 6.07 Å². The van der Waals surface area contributed by atoms with Crippen molar-refractivity contribution in [2.45, 2.75) is 26.2 Å². The summed E-state index contributed by atoms with van der Waals surface area (Å²) in [6, 6.07) is 1.82. The first-order chi connectivity index (χ1) is 10.3. The van der Waals surface area contributed by atoms with Crippen molar-refractivity contribution in [1.82, 2.24) is 24.7 Å². The molecule has 2 aromatic heterocycles. The van der Waals surface area contributed by atoms with Crippen molar-refractivity contribution in [2.24, 2.45) is 11.8 Å². The number of nitrogens with one attached hydrogen (secondary N) is 1. The molecule has 0 radical (unpaired) electrons. The number of hydrogen-bond donors (Lipinski definition) is 2. The summed E-state index contributed by atoms with van der Waals surface area (Å²) in [6.07, 6.45) is 7.38. The minimum absolute atomic E-state index is 0.345. The van der Waals surface area contributed by atoms with Crippen LogP contribution in [0.25, 0.3) is 5.95 Å². The third-order valence-electron chi connectivity index (χ3n) is 3.82. The van der Waals surface area contributed by atoms with E-state index in [0.29, 0.717) is 17.8 Å². The van der Waals surface area contributed by atoms with Gasteiger partial charge in [0.1, 0.15) is 0 Å². The second-order valence-electron chi connectivity index (χ2n) is 5.19. The van der Waals surface area contributed by atoms with E-state index in [4.69, 9.17) is 5.84 Å². The summed E-state index contributed by atoms with van der Waals surface area (Å²) in [5.74, 6) is 7.66. The van der Waals surface area contributed by atoms with Gasteiger partial charge in [0.2, 0.25) is 11.9 Å². The predicted molar refractivity (Wildman–Crippen MR) is 80.0 cm³/mol. The number of anilines is 2. The molecule has 0 bridgehead atoms. The zero-order chi connectivity index (χ0) is 14.7. The molecule has 21 heavy (non-hydrogen) atoms. The van der Waals surface area contributed by atoms with Gasteiger partial charge < -0.3 is 4.90 Å². The fraction of sp³-hybridized carbons (Fsp3) is 0.538. The fourth-order valence-corrected chi connectivity index (χ4v) is 2.39. The summed E-state index contributed by atoms with van der Waals surface area (Å²) in [4.78, 5) is 15.3. The summed E-state index contributed by atoms with van der Waals surface area (Å²) in [7, 11) is 0. The van der Waals surface area contributed by atoms with Gasteiger partial charge in [-0.3, -0.25) is 5.43 Å². The van der Waals surface area contributed by atoms with Crippen LogP contribution in [0.5, 0.6) is 0 Å². The quantitative estimate of drug-likeness (QED) is 0.603. The van der Waals surface area contributed by atoms with Gasteiger partial charge in [0, 0.05) is 25.5 Å². The van der Waals surface area contributed by atoms with Crippen LogP contribution in [0.3, 0.4) is 0 Å². The number of nitrogen functional groups attached to an aromatic ring is 1. The molecule has 3 N–H and O–H groups in total. The van der Waals surface area contributed by atoms with Crippen LogP contribution in [0.2, 0.25) is 0 Å². The molecule has 0 saturated heterocycles. The fourth-order valence-electron chi connectivity index (χ4n) is 2.39. The van der Waals surface area contributed by atoms with Crippen molar-refractivity contribution in [3.8, 4) is 5.95 Å². The monoisotopic (exact) mass is 288 g/mol. The highest BCUT2D eigenvalue weighted by Crippen LogP contribution is 2.28. The van der Waals surface area contributed by atoms with Gasteiger partial charge in [0.15, 0.2) is 0 Å². The Morgan fingerprint density at radius 2 is 2.24 bits per heavy atom. The van der Waals surface area contributed by atoms with Crippen LogP contribution in [-0.2, 0) is 0 Å². The number of nitrogens with two attached hydrogens (primary N) is 1. The van der Waals surface area contributed by atoms with Gasteiger partial charge >= 0.3 is 0 Å². The lowest BCUT2D eigenvalue weighted by molar-refractivity contribution is 0.317. The normalized spacial score (nSPS) is 14.8. The van der Waals surface area contributed by atoms with Crippen molar-refractivity contribution in [2.75, 3.05) is 23.4 Å². The van der Waals surface area contributed by atoms with Gasteiger partial charge in [-0.15, -0.1) is 0 Å². The molecule has 0 aliphatic heterocycles. The zero-order valence-electron chi connectivity index (χ0n) is 12.1. The Balaban J connectivity index is 1.90. The van der Waals surface area contributed by atoms with E-state index in [-0.39, 0.29) is 0 Å². The Kier molecular flexibility index (Phi) is 3.96. The standard InChI is InChI=1S/C13H20N8/c1-2-20(9-10-5-3-6-10)12-16-11(19-14)17-13(18-12)21-8-4-7-15-21/h4,7-8,10H,2-3,5-6,9,14H2,1H3,(H,16,17,18,19). The number of nitrogens with zero attached hydrogens (tertiary/aromatic N) is 6. The first-order valence-corrected chi connectivity index (χ1v) is 7.27. The average Bonchev–Trinajstić information content (AvgIpc) is 3.00. The first kappa shape index (κ1) is 13.7. The molecule has 1 aliphatic rings. The molecule has 0 amide bonds. The first-order valence-electron chi connectivity index (χ1n) is 7.27. The Bertz CT molecular complexity index is 578. The van der Waals surface area contributed by atoms with Crippen molar-refractivity contribution < 1.29 is 0 Å². The van der Waals surface area contributed by atoms with Gasteiger partial charge in [0.25, 0.3) is 5.95 Å². The summed E-state index contributed by atoms with van der Waals surface area (Å²) < 4.78 is 1.60. The number of hydrazine groups is 1. The average molecular weight is 288 g/mol. The van der Waals surface area contributed by atoms with Crippen LogP contribution in [0.15, 0.2) is 18.5 Å². The maximum Gasteiger partial charge on any atom is 0.257 e. The van der Waals surface area contributed by atoms with Crippen molar-refractivity contribution in [1.29, 1.82) is 0 Å². The summed E-state index contributed by atoms with van der Waals surface area (Å²) in [6.45, 7) is 3.93. The van der Waals surface area contributed by atoms with Gasteiger partial charge in [-0.25, -0.2) is 10.5 Å². The molecule has 8 nitrogen and oxygen atoms in total. The van der Waals surface area contributed by atoms with Crippen LogP contribution in [-0.4, -0.2) is 37.8 Å². The van der Waals surface area contributed by atoms with Gasteiger partial charge in [0.05, 0.1) is 0 Å². The largest absolute Gasteiger partial charge is 0.341 e. The van der Waals surface area contributed by atoms with Gasteiger partial charge in [-0.2, -0.15) is 20.1 Å². The third kappa shape index (κ3) is 2.94. The highest BCUT2D eigenvalue weighted by Gasteiger charge is 2.22. The van der Waals surface area contributed by atoms with Crippen molar-refractivity contribution >= 4 is 11.9 Å². The zero-order valence-corrected chi connectivity index (χ0v) is 12.1. The molecule has 1 aliphatic carbocycles. The second-order valence-corrected chi connectivity index (χ2v) is 5.19. The maximum atomic E-state index is 5.47. The van der Waals surface area contributed by atoms with E-state index in [9.17, 15) is 0 Å². The lowest BCUT2D eigenvalue weighted by Crippen LogP contribution is -2.34. The molecule has 0 atom stereocenters. The second kappa shape index (κ2) is 6.04. The van der Waals surface area contributed by atoms with Crippen molar-refractivity contribution in [3.05, 3.63) is 18.5 Å². The molecule has 8 heteroatoms. The Labute approximate surface area is 123 Å². The molecule has 112 valence electrons. The predicted octanol–water partition coefficient (Wildman–Crippen LogP) is 0.969. The van der Waals surface area contributed by atoms with E-state index >= 15 is 0 Å². The van der Waals surface area contributed by atoms with Gasteiger partial charge in [-0.1, -0.05) is 6.42 Å². The Morgan fingerprint density at radius 3 is 2.81 bits per heavy atom. The Hall–Kier alpha value is -2.22. The molecular formula is C13H20N8. The highest BCUT2D eigenvalue weighted by atomic mass is 15.4. The van der Waals surface area contributed by atoms with Crippen LogP contribution < -0.4 is 16.2 Å². The summed E-state index contributed by atoms with van der Waals surface area (Å²) in [5.41, 5.74) is 2.50. The Morgan fingerprint density at radius 1 is 1.38 bits per heavy atom. The molecule has 2 heterocycles. The number of rotatable bonds is 6. The number of aromatic nitrogens is 5. The molecule has 3 rings (SSSR count).